The van der Waals surface area contributed by atoms with Gasteiger partial charge in [-0.05, 0) is 54.3 Å². The number of nitrogens with zero attached hydrogens (tertiary/aromatic N) is 4. The van der Waals surface area contributed by atoms with Crippen LogP contribution in [0.5, 0.6) is 0 Å². The van der Waals surface area contributed by atoms with Gasteiger partial charge < -0.3 is 0 Å². The molecule has 0 unspecified atom stereocenters. The number of benzene rings is 1. The van der Waals surface area contributed by atoms with Gasteiger partial charge in [-0.2, -0.15) is 9.40 Å². The van der Waals surface area contributed by atoms with Crippen LogP contribution >= 0.6 is 0 Å². The molecule has 1 saturated carbocycles. The average Bonchev–Trinajstić information content (AvgIpc) is 3.33. The summed E-state index contributed by atoms with van der Waals surface area (Å²) in [6, 6.07) is 8.12. The molecule has 5 rings (SSSR count). The third-order valence-corrected chi connectivity index (χ3v) is 7.64. The number of pyridine rings is 1. The van der Waals surface area contributed by atoms with Crippen LogP contribution in [-0.2, 0) is 30.2 Å². The summed E-state index contributed by atoms with van der Waals surface area (Å²) in [5.74, 6) is -0.299. The molecule has 2 aliphatic rings. The highest BCUT2D eigenvalue weighted by atomic mass is 32.2. The summed E-state index contributed by atoms with van der Waals surface area (Å²) in [6.07, 6.45) is 5.11. The molecule has 0 bridgehead atoms. The molecule has 0 radical (unpaired) electrons. The van der Waals surface area contributed by atoms with Gasteiger partial charge in [0.05, 0.1) is 17.5 Å². The molecule has 1 fully saturated rings. The van der Waals surface area contributed by atoms with E-state index >= 15 is 0 Å². The Bertz CT molecular complexity index is 1170. The maximum atomic E-state index is 13.3. The van der Waals surface area contributed by atoms with E-state index < -0.39 is 10.0 Å². The van der Waals surface area contributed by atoms with Gasteiger partial charge >= 0.3 is 0 Å². The van der Waals surface area contributed by atoms with Crippen LogP contribution < -0.4 is 0 Å². The van der Waals surface area contributed by atoms with Gasteiger partial charge in [-0.25, -0.2) is 12.8 Å². The van der Waals surface area contributed by atoms with Crippen molar-refractivity contribution in [3.05, 3.63) is 59.8 Å². The third kappa shape index (κ3) is 2.84. The minimum atomic E-state index is -3.26. The lowest BCUT2D eigenvalue weighted by molar-refractivity contribution is 0.429. The Hall–Kier alpha value is -2.58. The largest absolute Gasteiger partial charge is 0.275 e. The summed E-state index contributed by atoms with van der Waals surface area (Å²) in [6.45, 7) is 0.642. The predicted molar refractivity (Wildman–Crippen MR) is 103 cm³/mol. The van der Waals surface area contributed by atoms with Gasteiger partial charge in [-0.15, -0.1) is 0 Å². The molecule has 6 nitrogen and oxygen atoms in total. The summed E-state index contributed by atoms with van der Waals surface area (Å²) in [4.78, 5) is 4.43. The van der Waals surface area contributed by atoms with E-state index in [2.05, 4.69) is 10.1 Å². The molecule has 1 aliphatic carbocycles. The summed E-state index contributed by atoms with van der Waals surface area (Å²) >= 11 is 0. The van der Waals surface area contributed by atoms with Crippen molar-refractivity contribution in [3.63, 3.8) is 0 Å². The first kappa shape index (κ1) is 17.5. The zero-order valence-electron chi connectivity index (χ0n) is 15.3. The van der Waals surface area contributed by atoms with Gasteiger partial charge in [0.15, 0.2) is 0 Å². The van der Waals surface area contributed by atoms with Crippen molar-refractivity contribution in [2.45, 2.75) is 31.2 Å². The van der Waals surface area contributed by atoms with Gasteiger partial charge in [0.25, 0.3) is 0 Å². The Morgan fingerprint density at radius 3 is 2.54 bits per heavy atom. The highest BCUT2D eigenvalue weighted by Gasteiger charge is 2.42. The lowest BCUT2D eigenvalue weighted by Gasteiger charge is -2.14. The first-order valence-corrected chi connectivity index (χ1v) is 10.7. The zero-order chi connectivity index (χ0) is 19.5. The molecule has 2 aromatic heterocycles. The van der Waals surface area contributed by atoms with Gasteiger partial charge in [0, 0.05) is 37.1 Å². The van der Waals surface area contributed by atoms with Crippen LogP contribution in [0.4, 0.5) is 4.39 Å². The lowest BCUT2D eigenvalue weighted by atomic mass is 9.98. The van der Waals surface area contributed by atoms with Gasteiger partial charge in [-0.1, -0.05) is 0 Å². The van der Waals surface area contributed by atoms with Crippen LogP contribution in [0.1, 0.15) is 24.1 Å². The second-order valence-corrected chi connectivity index (χ2v) is 9.58. The normalized spacial score (nSPS) is 17.1. The van der Waals surface area contributed by atoms with Crippen LogP contribution in [0, 0.1) is 5.82 Å². The fraction of sp³-hybridized carbons (Fsp3) is 0.300. The highest BCUT2D eigenvalue weighted by Crippen LogP contribution is 2.40. The van der Waals surface area contributed by atoms with Crippen molar-refractivity contribution in [2.75, 3.05) is 0 Å². The highest BCUT2D eigenvalue weighted by molar-refractivity contribution is 7.90. The molecular formula is C20H19FN4O2S. The van der Waals surface area contributed by atoms with Crippen molar-refractivity contribution < 1.29 is 12.8 Å². The number of hydrogen-bond donors (Lipinski definition) is 0. The van der Waals surface area contributed by atoms with E-state index in [1.165, 1.54) is 12.1 Å². The number of aryl methyl sites for hydroxylation is 1. The summed E-state index contributed by atoms with van der Waals surface area (Å²) in [5, 5.41) is 4.32. The maximum Gasteiger partial charge on any atom is 0.217 e. The van der Waals surface area contributed by atoms with Gasteiger partial charge in [-0.3, -0.25) is 9.67 Å². The first-order valence-electron chi connectivity index (χ1n) is 9.19. The summed E-state index contributed by atoms with van der Waals surface area (Å²) in [7, 11) is -1.43. The molecule has 0 saturated heterocycles. The second kappa shape index (κ2) is 6.22. The minimum absolute atomic E-state index is 0.238. The maximum absolute atomic E-state index is 13.3. The molecule has 144 valence electrons. The smallest absolute Gasteiger partial charge is 0.217 e. The fourth-order valence-electron chi connectivity index (χ4n) is 3.76. The van der Waals surface area contributed by atoms with E-state index in [-0.39, 0.29) is 11.1 Å². The molecule has 28 heavy (non-hydrogen) atoms. The van der Waals surface area contributed by atoms with E-state index in [9.17, 15) is 12.8 Å². The number of halogens is 1. The Morgan fingerprint density at radius 1 is 1.07 bits per heavy atom. The van der Waals surface area contributed by atoms with Crippen molar-refractivity contribution in [1.29, 1.82) is 0 Å². The molecule has 0 spiro atoms. The predicted octanol–water partition coefficient (Wildman–Crippen LogP) is 3.10. The molecule has 1 aromatic carbocycles. The second-order valence-electron chi connectivity index (χ2n) is 7.37. The summed E-state index contributed by atoms with van der Waals surface area (Å²) in [5.41, 5.74) is 5.06. The number of fused-ring (bicyclic) bond motifs is 1. The van der Waals surface area contributed by atoms with Crippen LogP contribution in [0.15, 0.2) is 42.7 Å². The van der Waals surface area contributed by atoms with Crippen molar-refractivity contribution in [2.24, 2.45) is 7.05 Å². The molecule has 0 atom stereocenters. The number of aromatic nitrogens is 3. The number of hydrogen-bond acceptors (Lipinski definition) is 4. The topological polar surface area (TPSA) is 68.1 Å². The van der Waals surface area contributed by atoms with Crippen LogP contribution in [0.2, 0.25) is 0 Å². The number of rotatable bonds is 4. The average molecular weight is 398 g/mol. The first-order chi connectivity index (χ1) is 13.4. The Balaban J connectivity index is 1.59. The Labute approximate surface area is 162 Å². The molecule has 8 heteroatoms. The van der Waals surface area contributed by atoms with Gasteiger partial charge in [0.1, 0.15) is 11.5 Å². The molecule has 1 aliphatic heterocycles. The Kier molecular flexibility index (Phi) is 3.89. The fourth-order valence-corrected chi connectivity index (χ4v) is 5.53. The molecule has 3 heterocycles. The summed E-state index contributed by atoms with van der Waals surface area (Å²) < 4.78 is 42.0. The van der Waals surface area contributed by atoms with E-state index in [1.807, 2.05) is 19.3 Å². The zero-order valence-corrected chi connectivity index (χ0v) is 16.2. The van der Waals surface area contributed by atoms with E-state index in [1.54, 1.807) is 27.3 Å². The standard InChI is InChI=1S/C20H19FN4O2S/c1-24-10-18(20(23-24)13-2-4-14(21)5-3-13)16-8-9-22-19-12-25(11-17(16)19)28(26,27)15-6-7-15/h2-5,8-10,15H,6-7,11-12H2,1H3. The molecule has 3 aromatic rings. The van der Waals surface area contributed by atoms with E-state index in [0.717, 1.165) is 46.5 Å². The van der Waals surface area contributed by atoms with Gasteiger partial charge in [0.2, 0.25) is 10.0 Å². The van der Waals surface area contributed by atoms with Crippen LogP contribution in [0.3, 0.4) is 0 Å². The lowest BCUT2D eigenvalue weighted by Crippen LogP contribution is -2.28. The minimum Gasteiger partial charge on any atom is -0.275 e. The SMILES string of the molecule is Cn1cc(-c2ccnc3c2CN(S(=O)(=O)C2CC2)C3)c(-c2ccc(F)cc2)n1. The third-order valence-electron chi connectivity index (χ3n) is 5.35. The van der Waals surface area contributed by atoms with E-state index in [4.69, 9.17) is 0 Å². The van der Waals surface area contributed by atoms with Crippen molar-refractivity contribution in [3.8, 4) is 22.4 Å². The van der Waals surface area contributed by atoms with E-state index in [0.29, 0.717) is 13.1 Å². The van der Waals surface area contributed by atoms with Crippen molar-refractivity contribution >= 4 is 10.0 Å². The van der Waals surface area contributed by atoms with Crippen LogP contribution in [-0.4, -0.2) is 32.7 Å². The quantitative estimate of drug-likeness (QED) is 0.677. The Morgan fingerprint density at radius 2 is 1.82 bits per heavy atom. The van der Waals surface area contributed by atoms with Crippen LogP contribution in [0.25, 0.3) is 22.4 Å². The molecular weight excluding hydrogens is 379 g/mol. The monoisotopic (exact) mass is 398 g/mol. The van der Waals surface area contributed by atoms with Crippen molar-refractivity contribution in [1.82, 2.24) is 19.1 Å². The molecule has 0 N–H and O–H groups in total. The molecule has 0 amide bonds. The number of sulfonamides is 1.